The summed E-state index contributed by atoms with van der Waals surface area (Å²) in [7, 11) is -1.05. The van der Waals surface area contributed by atoms with Gasteiger partial charge in [0, 0.05) is 0 Å². The molecule has 3 aromatic carbocycles. The van der Waals surface area contributed by atoms with Crippen molar-refractivity contribution in [3.63, 3.8) is 0 Å². The topological polar surface area (TPSA) is 103 Å². The molecule has 3 rings (SSSR count). The molecule has 0 aliphatic rings. The van der Waals surface area contributed by atoms with E-state index in [1.165, 1.54) is 32.4 Å². The van der Waals surface area contributed by atoms with Crippen LogP contribution < -0.4 is 24.2 Å². The smallest absolute Gasteiger partial charge is 0.262 e. The number of carbonyl (C=O) groups excluding carboxylic acids is 1. The van der Waals surface area contributed by atoms with Crippen LogP contribution in [0.1, 0.15) is 12.0 Å². The molecule has 0 heterocycles. The van der Waals surface area contributed by atoms with Crippen molar-refractivity contribution in [3.8, 4) is 17.2 Å². The molecule has 0 bridgehead atoms. The lowest BCUT2D eigenvalue weighted by Gasteiger charge is -2.15. The number of benzene rings is 3. The Morgan fingerprint density at radius 1 is 0.879 bits per heavy atom. The zero-order valence-corrected chi connectivity index (χ0v) is 19.4. The molecule has 0 aliphatic heterocycles. The molecule has 1 amide bonds. The van der Waals surface area contributed by atoms with Crippen LogP contribution in [-0.2, 0) is 14.8 Å². The Hall–Kier alpha value is -3.72. The van der Waals surface area contributed by atoms with E-state index in [1.54, 1.807) is 24.3 Å². The molecule has 0 saturated heterocycles. The van der Waals surface area contributed by atoms with Gasteiger partial charge in [0.2, 0.25) is 5.91 Å². The fourth-order valence-electron chi connectivity index (χ4n) is 2.99. The maximum atomic E-state index is 12.9. The zero-order chi connectivity index (χ0) is 23.8. The minimum Gasteiger partial charge on any atom is -0.495 e. The summed E-state index contributed by atoms with van der Waals surface area (Å²) in [5.74, 6) is 1.05. The molecule has 174 valence electrons. The third-order valence-corrected chi connectivity index (χ3v) is 6.09. The fraction of sp³-hybridized carbons (Fsp3) is 0.208. The number of anilines is 2. The molecule has 0 fully saturated rings. The van der Waals surface area contributed by atoms with Crippen molar-refractivity contribution in [1.82, 2.24) is 0 Å². The quantitative estimate of drug-likeness (QED) is 0.460. The summed E-state index contributed by atoms with van der Waals surface area (Å²) in [6, 6.07) is 18.4. The summed E-state index contributed by atoms with van der Waals surface area (Å²) >= 11 is 0. The first-order chi connectivity index (χ1) is 15.8. The van der Waals surface area contributed by atoms with Crippen LogP contribution in [0.3, 0.4) is 0 Å². The molecule has 0 atom stereocenters. The van der Waals surface area contributed by atoms with Gasteiger partial charge in [0.15, 0.2) is 0 Å². The molecule has 0 spiro atoms. The normalized spacial score (nSPS) is 10.9. The lowest BCUT2D eigenvalue weighted by molar-refractivity contribution is -0.116. The van der Waals surface area contributed by atoms with Gasteiger partial charge in [-0.25, -0.2) is 8.42 Å². The van der Waals surface area contributed by atoms with Crippen molar-refractivity contribution < 1.29 is 27.4 Å². The average molecular weight is 471 g/mol. The number of nitrogens with one attached hydrogen (secondary N) is 2. The highest BCUT2D eigenvalue weighted by molar-refractivity contribution is 7.92. The summed E-state index contributed by atoms with van der Waals surface area (Å²) in [4.78, 5) is 12.4. The number of hydrogen-bond acceptors (Lipinski definition) is 6. The van der Waals surface area contributed by atoms with Gasteiger partial charge in [0.05, 0.1) is 43.5 Å². The molecule has 0 unspecified atom stereocenters. The Kier molecular flexibility index (Phi) is 7.78. The van der Waals surface area contributed by atoms with Crippen molar-refractivity contribution in [3.05, 3.63) is 72.3 Å². The zero-order valence-electron chi connectivity index (χ0n) is 18.6. The second-order valence-electron chi connectivity index (χ2n) is 7.13. The van der Waals surface area contributed by atoms with Gasteiger partial charge in [-0.2, -0.15) is 0 Å². The molecule has 9 heteroatoms. The minimum absolute atomic E-state index is 0.0413. The van der Waals surface area contributed by atoms with Crippen LogP contribution in [0.15, 0.2) is 71.6 Å². The summed E-state index contributed by atoms with van der Waals surface area (Å²) in [5, 5.41) is 2.69. The highest BCUT2D eigenvalue weighted by Crippen LogP contribution is 2.30. The van der Waals surface area contributed by atoms with E-state index in [4.69, 9.17) is 14.2 Å². The summed E-state index contributed by atoms with van der Waals surface area (Å²) < 4.78 is 44.4. The maximum absolute atomic E-state index is 12.9. The second-order valence-corrected chi connectivity index (χ2v) is 8.81. The summed E-state index contributed by atoms with van der Waals surface area (Å²) in [6.07, 6.45) is 0.0769. The lowest BCUT2D eigenvalue weighted by Crippen LogP contribution is -2.17. The molecule has 8 nitrogen and oxygen atoms in total. The average Bonchev–Trinajstić information content (AvgIpc) is 2.80. The number of amides is 1. The van der Waals surface area contributed by atoms with E-state index in [1.807, 2.05) is 31.2 Å². The number of rotatable bonds is 10. The Labute approximate surface area is 193 Å². The van der Waals surface area contributed by atoms with Gasteiger partial charge in [-0.1, -0.05) is 29.8 Å². The van der Waals surface area contributed by atoms with Crippen LogP contribution in [0.4, 0.5) is 11.4 Å². The van der Waals surface area contributed by atoms with Crippen molar-refractivity contribution >= 4 is 27.3 Å². The Balaban J connectivity index is 1.70. The van der Waals surface area contributed by atoms with Crippen LogP contribution in [0.25, 0.3) is 0 Å². The number of methoxy groups -OCH3 is 2. The molecule has 0 aliphatic carbocycles. The number of para-hydroxylation sites is 2. The monoisotopic (exact) mass is 470 g/mol. The molecule has 0 aromatic heterocycles. The highest BCUT2D eigenvalue weighted by Gasteiger charge is 2.19. The van der Waals surface area contributed by atoms with Crippen molar-refractivity contribution in [2.24, 2.45) is 0 Å². The van der Waals surface area contributed by atoms with Gasteiger partial charge >= 0.3 is 0 Å². The maximum Gasteiger partial charge on any atom is 0.262 e. The number of carbonyl (C=O) groups is 1. The SMILES string of the molecule is COc1ccc(S(=O)(=O)Nc2ccccc2OC)cc1NC(=O)CCOc1ccc(C)cc1. The van der Waals surface area contributed by atoms with E-state index in [2.05, 4.69) is 10.0 Å². The predicted molar refractivity (Wildman–Crippen MR) is 127 cm³/mol. The van der Waals surface area contributed by atoms with E-state index in [0.717, 1.165) is 5.56 Å². The van der Waals surface area contributed by atoms with Gasteiger partial charge in [-0.3, -0.25) is 9.52 Å². The van der Waals surface area contributed by atoms with Crippen LogP contribution >= 0.6 is 0 Å². The molecule has 0 saturated carbocycles. The first kappa shape index (κ1) is 23.9. The number of ether oxygens (including phenoxy) is 3. The van der Waals surface area contributed by atoms with Gasteiger partial charge in [0.1, 0.15) is 17.2 Å². The fourth-order valence-corrected chi connectivity index (χ4v) is 4.09. The third kappa shape index (κ3) is 6.39. The summed E-state index contributed by atoms with van der Waals surface area (Å²) in [6.45, 7) is 2.15. The molecular weight excluding hydrogens is 444 g/mol. The van der Waals surface area contributed by atoms with Gasteiger partial charge in [0.25, 0.3) is 10.0 Å². The number of sulfonamides is 1. The molecule has 0 radical (unpaired) electrons. The third-order valence-electron chi connectivity index (χ3n) is 4.73. The molecule has 2 N–H and O–H groups in total. The standard InChI is InChI=1S/C24H26N2O6S/c1-17-8-10-18(11-9-17)32-15-14-24(27)25-21-16-19(12-13-23(21)31-3)33(28,29)26-20-6-4-5-7-22(20)30-2/h4-13,16,26H,14-15H2,1-3H3,(H,25,27). The van der Waals surface area contributed by atoms with E-state index in [-0.39, 0.29) is 29.5 Å². The van der Waals surface area contributed by atoms with E-state index in [0.29, 0.717) is 22.9 Å². The summed E-state index contributed by atoms with van der Waals surface area (Å²) in [5.41, 5.74) is 1.65. The Morgan fingerprint density at radius 2 is 1.55 bits per heavy atom. The number of aryl methyl sites for hydroxylation is 1. The molecule has 33 heavy (non-hydrogen) atoms. The lowest BCUT2D eigenvalue weighted by atomic mass is 10.2. The number of hydrogen-bond donors (Lipinski definition) is 2. The van der Waals surface area contributed by atoms with Crippen molar-refractivity contribution in [2.45, 2.75) is 18.2 Å². The predicted octanol–water partition coefficient (Wildman–Crippen LogP) is 4.22. The first-order valence-electron chi connectivity index (χ1n) is 10.2. The van der Waals surface area contributed by atoms with Crippen molar-refractivity contribution in [1.29, 1.82) is 0 Å². The van der Waals surface area contributed by atoms with Gasteiger partial charge in [-0.05, 0) is 49.4 Å². The van der Waals surface area contributed by atoms with Crippen LogP contribution in [0.2, 0.25) is 0 Å². The van der Waals surface area contributed by atoms with Crippen LogP contribution in [0.5, 0.6) is 17.2 Å². The van der Waals surface area contributed by atoms with Gasteiger partial charge < -0.3 is 19.5 Å². The van der Waals surface area contributed by atoms with Crippen LogP contribution in [-0.4, -0.2) is 35.2 Å². The first-order valence-corrected chi connectivity index (χ1v) is 11.6. The van der Waals surface area contributed by atoms with Crippen LogP contribution in [0, 0.1) is 6.92 Å². The Morgan fingerprint density at radius 3 is 2.24 bits per heavy atom. The second kappa shape index (κ2) is 10.7. The minimum atomic E-state index is -3.95. The van der Waals surface area contributed by atoms with Crippen molar-refractivity contribution in [2.75, 3.05) is 30.9 Å². The van der Waals surface area contributed by atoms with Gasteiger partial charge in [-0.15, -0.1) is 0 Å². The Bertz CT molecular complexity index is 1210. The molecule has 3 aromatic rings. The van der Waals surface area contributed by atoms with E-state index >= 15 is 0 Å². The van der Waals surface area contributed by atoms with E-state index < -0.39 is 10.0 Å². The highest BCUT2D eigenvalue weighted by atomic mass is 32.2. The molecular formula is C24H26N2O6S. The largest absolute Gasteiger partial charge is 0.495 e. The van der Waals surface area contributed by atoms with E-state index in [9.17, 15) is 13.2 Å².